The number of aliphatic hydroxyl groups is 1. The van der Waals surface area contributed by atoms with Crippen molar-refractivity contribution in [3.8, 4) is 17.6 Å². The Morgan fingerprint density at radius 1 is 1.19 bits per heavy atom. The second-order valence-corrected chi connectivity index (χ2v) is 8.26. The molecule has 0 saturated carbocycles. The lowest BCUT2D eigenvalue weighted by Crippen LogP contribution is -2.51. The number of fused-ring (bicyclic) bond motifs is 4. The fourth-order valence-electron chi connectivity index (χ4n) is 5.36. The monoisotopic (exact) mass is 411 g/mol. The Bertz CT molecular complexity index is 1350. The molecule has 6 heteroatoms. The lowest BCUT2D eigenvalue weighted by molar-refractivity contribution is 0.0868. The molecule has 4 atom stereocenters. The predicted octanol–water partition coefficient (Wildman–Crippen LogP) is 2.43. The van der Waals surface area contributed by atoms with E-state index >= 15 is 0 Å². The van der Waals surface area contributed by atoms with Gasteiger partial charge in [-0.1, -0.05) is 36.1 Å². The molecule has 6 rings (SSSR count). The van der Waals surface area contributed by atoms with Crippen LogP contribution in [0.5, 0.6) is 5.75 Å². The van der Waals surface area contributed by atoms with Gasteiger partial charge in [-0.2, -0.15) is 0 Å². The van der Waals surface area contributed by atoms with Crippen molar-refractivity contribution in [1.29, 1.82) is 0 Å². The van der Waals surface area contributed by atoms with Crippen LogP contribution in [-0.4, -0.2) is 39.5 Å². The molecule has 0 spiro atoms. The number of carbonyl (C=O) groups is 2. The summed E-state index contributed by atoms with van der Waals surface area (Å²) in [4.78, 5) is 26.7. The number of aromatic hydroxyl groups is 1. The van der Waals surface area contributed by atoms with Crippen molar-refractivity contribution < 1.29 is 24.5 Å². The molecule has 2 aromatic carbocycles. The minimum Gasteiger partial charge on any atom is -0.507 e. The number of epoxide rings is 1. The van der Waals surface area contributed by atoms with E-state index in [-0.39, 0.29) is 28.2 Å². The van der Waals surface area contributed by atoms with Gasteiger partial charge in [0.1, 0.15) is 17.4 Å². The second-order valence-electron chi connectivity index (χ2n) is 8.26. The van der Waals surface area contributed by atoms with Crippen molar-refractivity contribution in [2.75, 3.05) is 5.32 Å². The maximum atomic E-state index is 13.5. The SMILES string of the molecule is C[C@@H](O)[C@@]12O[C@@]13CC=C=CC#C[C@@H]2Nc1c3cc(O)c2c1C(=O)c1ccccc1C2=O. The fourth-order valence-corrected chi connectivity index (χ4v) is 5.36. The summed E-state index contributed by atoms with van der Waals surface area (Å²) in [5, 5.41) is 24.8. The van der Waals surface area contributed by atoms with Gasteiger partial charge >= 0.3 is 0 Å². The van der Waals surface area contributed by atoms with Crippen LogP contribution in [0.1, 0.15) is 50.8 Å². The van der Waals surface area contributed by atoms with Gasteiger partial charge in [0.05, 0.1) is 22.9 Å². The standard InChI is InChI=1S/C25H17NO5/c1-13(27)25-18-10-4-2-3-7-11-24(25,31-25)16-12-17(28)19-20(21(16)26-18)23(30)15-9-6-5-8-14(15)22(19)29/h2,5-9,12-13,18,26-28H,11H2,1H3/t3?,13-,18+,24-,25+/m1/s1. The predicted molar refractivity (Wildman–Crippen MR) is 111 cm³/mol. The van der Waals surface area contributed by atoms with Crippen molar-refractivity contribution in [3.05, 3.63) is 76.0 Å². The summed E-state index contributed by atoms with van der Waals surface area (Å²) in [7, 11) is 0. The average Bonchev–Trinajstić information content (AvgIpc) is 3.46. The van der Waals surface area contributed by atoms with Crippen LogP contribution in [0, 0.1) is 11.8 Å². The van der Waals surface area contributed by atoms with E-state index in [0.717, 1.165) is 0 Å². The molecule has 0 radical (unpaired) electrons. The molecule has 1 saturated heterocycles. The lowest BCUT2D eigenvalue weighted by atomic mass is 9.70. The maximum Gasteiger partial charge on any atom is 0.198 e. The Balaban J connectivity index is 1.67. The molecule has 2 aromatic rings. The Hall–Kier alpha value is -3.62. The first-order valence-corrected chi connectivity index (χ1v) is 10.1. The van der Waals surface area contributed by atoms with Crippen molar-refractivity contribution in [3.63, 3.8) is 0 Å². The van der Waals surface area contributed by atoms with Crippen LogP contribution in [0.15, 0.2) is 48.2 Å². The Kier molecular flexibility index (Phi) is 3.37. The van der Waals surface area contributed by atoms with Crippen molar-refractivity contribution in [2.45, 2.75) is 36.7 Å². The molecule has 31 heavy (non-hydrogen) atoms. The molecule has 4 aliphatic rings. The van der Waals surface area contributed by atoms with Crippen LogP contribution < -0.4 is 5.32 Å². The Labute approximate surface area is 177 Å². The highest BCUT2D eigenvalue weighted by Crippen LogP contribution is 2.67. The third-order valence-electron chi connectivity index (χ3n) is 6.77. The number of benzene rings is 2. The van der Waals surface area contributed by atoms with E-state index in [1.165, 1.54) is 6.07 Å². The van der Waals surface area contributed by atoms with Gasteiger partial charge in [-0.15, -0.1) is 5.73 Å². The van der Waals surface area contributed by atoms with E-state index in [1.807, 2.05) is 0 Å². The number of hydrogen-bond acceptors (Lipinski definition) is 6. The lowest BCUT2D eigenvalue weighted by Gasteiger charge is -2.36. The highest BCUT2D eigenvalue weighted by Gasteiger charge is 2.78. The quantitative estimate of drug-likeness (QED) is 0.246. The van der Waals surface area contributed by atoms with Crippen LogP contribution in [0.2, 0.25) is 0 Å². The summed E-state index contributed by atoms with van der Waals surface area (Å²) in [5.74, 6) is 4.94. The summed E-state index contributed by atoms with van der Waals surface area (Å²) in [6, 6.07) is 7.44. The average molecular weight is 411 g/mol. The fraction of sp³-hybridized carbons (Fsp3) is 0.240. The molecule has 3 N–H and O–H groups in total. The van der Waals surface area contributed by atoms with Crippen LogP contribution in [0.3, 0.4) is 0 Å². The van der Waals surface area contributed by atoms with Gasteiger partial charge in [0.15, 0.2) is 17.2 Å². The topological polar surface area (TPSA) is 99.2 Å². The first kappa shape index (κ1) is 18.2. The van der Waals surface area contributed by atoms with Crippen molar-refractivity contribution in [2.24, 2.45) is 0 Å². The van der Waals surface area contributed by atoms with Gasteiger partial charge in [0.2, 0.25) is 0 Å². The number of aliphatic hydroxyl groups excluding tert-OH is 1. The minimum absolute atomic E-state index is 0.0226. The minimum atomic E-state index is -1.05. The van der Waals surface area contributed by atoms with Gasteiger partial charge in [-0.05, 0) is 19.1 Å². The summed E-state index contributed by atoms with van der Waals surface area (Å²) >= 11 is 0. The third-order valence-corrected chi connectivity index (χ3v) is 6.77. The largest absolute Gasteiger partial charge is 0.507 e. The molecule has 0 amide bonds. The van der Waals surface area contributed by atoms with Gasteiger partial charge in [0, 0.05) is 29.2 Å². The smallest absolute Gasteiger partial charge is 0.198 e. The molecule has 2 bridgehead atoms. The molecular formula is C25H17NO5. The van der Waals surface area contributed by atoms with E-state index in [0.29, 0.717) is 23.2 Å². The van der Waals surface area contributed by atoms with E-state index in [2.05, 4.69) is 22.9 Å². The van der Waals surface area contributed by atoms with Gasteiger partial charge in [-0.25, -0.2) is 0 Å². The van der Waals surface area contributed by atoms with Crippen LogP contribution in [0.4, 0.5) is 5.69 Å². The third kappa shape index (κ3) is 2.01. The number of rotatable bonds is 1. The van der Waals surface area contributed by atoms with Crippen molar-refractivity contribution in [1.82, 2.24) is 0 Å². The summed E-state index contributed by atoms with van der Waals surface area (Å²) in [6.07, 6.45) is 2.85. The van der Waals surface area contributed by atoms with E-state index in [9.17, 15) is 19.8 Å². The molecule has 2 aliphatic heterocycles. The van der Waals surface area contributed by atoms with E-state index < -0.39 is 29.1 Å². The van der Waals surface area contributed by atoms with Crippen LogP contribution in [0.25, 0.3) is 0 Å². The number of ether oxygens (including phenoxy) is 1. The number of phenols is 1. The zero-order valence-electron chi connectivity index (χ0n) is 16.5. The highest BCUT2D eigenvalue weighted by atomic mass is 16.6. The Morgan fingerprint density at radius 3 is 2.61 bits per heavy atom. The molecule has 1 fully saturated rings. The first-order chi connectivity index (χ1) is 14.9. The van der Waals surface area contributed by atoms with E-state index in [1.54, 1.807) is 43.3 Å². The van der Waals surface area contributed by atoms with Crippen LogP contribution >= 0.6 is 0 Å². The molecule has 2 aliphatic carbocycles. The van der Waals surface area contributed by atoms with Crippen molar-refractivity contribution >= 4 is 17.3 Å². The van der Waals surface area contributed by atoms with Crippen LogP contribution in [-0.2, 0) is 10.3 Å². The summed E-state index contributed by atoms with van der Waals surface area (Å²) < 4.78 is 6.25. The molecule has 152 valence electrons. The number of anilines is 1. The number of nitrogens with one attached hydrogen (secondary N) is 1. The maximum absolute atomic E-state index is 13.5. The normalized spacial score (nSPS) is 29.5. The highest BCUT2D eigenvalue weighted by molar-refractivity contribution is 6.31. The van der Waals surface area contributed by atoms with Gasteiger partial charge in [-0.3, -0.25) is 9.59 Å². The van der Waals surface area contributed by atoms with E-state index in [4.69, 9.17) is 4.74 Å². The summed E-state index contributed by atoms with van der Waals surface area (Å²) in [6.45, 7) is 1.64. The molecule has 2 heterocycles. The zero-order valence-corrected chi connectivity index (χ0v) is 16.5. The number of ketones is 2. The molecule has 0 unspecified atom stereocenters. The number of carbonyl (C=O) groups excluding carboxylic acids is 2. The first-order valence-electron chi connectivity index (χ1n) is 10.1. The summed E-state index contributed by atoms with van der Waals surface area (Å²) in [5.41, 5.74) is 2.54. The Morgan fingerprint density at radius 2 is 1.90 bits per heavy atom. The molecular weight excluding hydrogens is 394 g/mol. The van der Waals surface area contributed by atoms with Gasteiger partial charge < -0.3 is 20.3 Å². The molecule has 0 aromatic heterocycles. The zero-order chi connectivity index (χ0) is 21.5. The number of hydrogen-bond donors (Lipinski definition) is 3. The second kappa shape index (κ2) is 5.75. The number of phenolic OH excluding ortho intramolecular Hbond substituents is 1. The molecule has 6 nitrogen and oxygen atoms in total. The van der Waals surface area contributed by atoms with Gasteiger partial charge in [0.25, 0.3) is 0 Å².